The lowest BCUT2D eigenvalue weighted by Crippen LogP contribution is -1.84. The number of aryl methyl sites for hydroxylation is 1. The lowest BCUT2D eigenvalue weighted by atomic mass is 10.1. The molecule has 1 N–H and O–H groups in total. The summed E-state index contributed by atoms with van der Waals surface area (Å²) in [5.74, 6) is 0. The van der Waals surface area contributed by atoms with E-state index in [1.807, 2.05) is 12.1 Å². The molecule has 0 bridgehead atoms. The highest BCUT2D eigenvalue weighted by Crippen LogP contribution is 2.23. The highest BCUT2D eigenvalue weighted by atomic mass is 15.1. The predicted molar refractivity (Wildman–Crippen MR) is 70.8 cm³/mol. The Balaban J connectivity index is 0.00000120. The Labute approximate surface area is 101 Å². The van der Waals surface area contributed by atoms with Crippen molar-refractivity contribution in [3.8, 4) is 11.4 Å². The Kier molecular flexibility index (Phi) is 2.37. The molecule has 86 valence electrons. The smallest absolute Gasteiger partial charge is 0.109 e. The van der Waals surface area contributed by atoms with Gasteiger partial charge in [-0.15, -0.1) is 5.10 Å². The maximum absolute atomic E-state index is 4.11. The third-order valence-corrected chi connectivity index (χ3v) is 2.94. The van der Waals surface area contributed by atoms with Gasteiger partial charge in [0.15, 0.2) is 0 Å². The first-order valence-corrected chi connectivity index (χ1v) is 5.76. The molecule has 2 heterocycles. The lowest BCUT2D eigenvalue weighted by molar-refractivity contribution is 1.03. The van der Waals surface area contributed by atoms with E-state index in [2.05, 4.69) is 46.4 Å². The molecular weight excluding hydrogens is 210 g/mol. The molecule has 0 saturated carbocycles. The van der Waals surface area contributed by atoms with Gasteiger partial charge in [0.05, 0.1) is 5.69 Å². The van der Waals surface area contributed by atoms with Gasteiger partial charge in [-0.2, -0.15) is 5.10 Å². The third-order valence-electron chi connectivity index (χ3n) is 2.94. The van der Waals surface area contributed by atoms with E-state index in [1.54, 1.807) is 6.20 Å². The molecule has 0 radical (unpaired) electrons. The van der Waals surface area contributed by atoms with Crippen molar-refractivity contribution in [1.82, 2.24) is 15.2 Å². The number of hydrogen-bond acceptors (Lipinski definition) is 2. The molecule has 0 aliphatic carbocycles. The number of rotatable bonds is 2. The highest BCUT2D eigenvalue weighted by Gasteiger charge is 2.04. The molecule has 17 heavy (non-hydrogen) atoms. The number of aromatic nitrogens is 3. The normalized spacial score (nSPS) is 10.9. The van der Waals surface area contributed by atoms with Gasteiger partial charge in [-0.1, -0.05) is 13.0 Å². The van der Waals surface area contributed by atoms with Crippen LogP contribution >= 0.6 is 0 Å². The number of benzene rings is 1. The molecular formula is C14H15N3. The van der Waals surface area contributed by atoms with Gasteiger partial charge in [0.25, 0.3) is 0 Å². The molecule has 0 atom stereocenters. The quantitative estimate of drug-likeness (QED) is 0.726. The van der Waals surface area contributed by atoms with Crippen LogP contribution < -0.4 is 0 Å². The van der Waals surface area contributed by atoms with Gasteiger partial charge in [0.1, 0.15) is 5.69 Å². The topological polar surface area (TPSA) is 41.6 Å². The molecule has 0 amide bonds. The van der Waals surface area contributed by atoms with E-state index < -0.39 is 0 Å². The van der Waals surface area contributed by atoms with Crippen molar-refractivity contribution in [2.45, 2.75) is 13.3 Å². The fourth-order valence-electron chi connectivity index (χ4n) is 1.99. The van der Waals surface area contributed by atoms with Crippen molar-refractivity contribution in [1.29, 1.82) is 0 Å². The van der Waals surface area contributed by atoms with E-state index in [9.17, 15) is 0 Å². The Morgan fingerprint density at radius 2 is 2.18 bits per heavy atom. The Morgan fingerprint density at radius 1 is 1.24 bits per heavy atom. The molecule has 3 heteroatoms. The maximum atomic E-state index is 4.11. The van der Waals surface area contributed by atoms with Crippen molar-refractivity contribution in [2.75, 3.05) is 0 Å². The molecule has 0 saturated heterocycles. The molecule has 0 spiro atoms. The number of nitrogens with zero attached hydrogens (tertiary/aromatic N) is 2. The van der Waals surface area contributed by atoms with Crippen LogP contribution in [0.5, 0.6) is 0 Å². The lowest BCUT2D eigenvalue weighted by Gasteiger charge is -1.94. The maximum Gasteiger partial charge on any atom is 0.109 e. The molecule has 3 rings (SSSR count). The Hall–Kier alpha value is -2.16. The first kappa shape index (κ1) is 10.0. The number of fused-ring (bicyclic) bond motifs is 1. The second-order valence-corrected chi connectivity index (χ2v) is 4.07. The van der Waals surface area contributed by atoms with Crippen molar-refractivity contribution >= 4 is 10.9 Å². The molecule has 3 nitrogen and oxygen atoms in total. The van der Waals surface area contributed by atoms with Crippen LogP contribution in [-0.2, 0) is 6.42 Å². The SMILES string of the molecule is CCc1ccc2[nH]c(-c3cccnn3)cc2c1.[HH]. The van der Waals surface area contributed by atoms with Crippen LogP contribution in [0.1, 0.15) is 13.9 Å². The van der Waals surface area contributed by atoms with E-state index in [-0.39, 0.29) is 1.43 Å². The van der Waals surface area contributed by atoms with E-state index in [0.29, 0.717) is 0 Å². The zero-order valence-electron chi connectivity index (χ0n) is 9.64. The summed E-state index contributed by atoms with van der Waals surface area (Å²) in [6, 6.07) is 12.5. The molecule has 0 aliphatic heterocycles. The second kappa shape index (κ2) is 4.01. The van der Waals surface area contributed by atoms with Gasteiger partial charge in [0, 0.05) is 18.5 Å². The van der Waals surface area contributed by atoms with Crippen molar-refractivity contribution in [2.24, 2.45) is 0 Å². The summed E-state index contributed by atoms with van der Waals surface area (Å²) in [5, 5.41) is 9.23. The minimum absolute atomic E-state index is 0. The van der Waals surface area contributed by atoms with Gasteiger partial charge in [-0.25, -0.2) is 0 Å². The zero-order valence-corrected chi connectivity index (χ0v) is 9.64. The zero-order chi connectivity index (χ0) is 11.7. The molecule has 0 unspecified atom stereocenters. The van der Waals surface area contributed by atoms with E-state index in [1.165, 1.54) is 10.9 Å². The van der Waals surface area contributed by atoms with Crippen LogP contribution in [0.15, 0.2) is 42.6 Å². The summed E-state index contributed by atoms with van der Waals surface area (Å²) >= 11 is 0. The third kappa shape index (κ3) is 1.80. The van der Waals surface area contributed by atoms with Crippen LogP contribution in [-0.4, -0.2) is 15.2 Å². The number of aromatic amines is 1. The van der Waals surface area contributed by atoms with Crippen LogP contribution in [0.2, 0.25) is 0 Å². The summed E-state index contributed by atoms with van der Waals surface area (Å²) in [4.78, 5) is 3.36. The summed E-state index contributed by atoms with van der Waals surface area (Å²) in [6.45, 7) is 2.16. The monoisotopic (exact) mass is 225 g/mol. The molecule has 0 fully saturated rings. The van der Waals surface area contributed by atoms with Crippen LogP contribution in [0.3, 0.4) is 0 Å². The highest BCUT2D eigenvalue weighted by molar-refractivity contribution is 5.85. The number of H-pyrrole nitrogens is 1. The molecule has 1 aromatic carbocycles. The fourth-order valence-corrected chi connectivity index (χ4v) is 1.99. The minimum Gasteiger partial charge on any atom is -0.353 e. The Bertz CT molecular complexity index is 646. The van der Waals surface area contributed by atoms with Gasteiger partial charge >= 0.3 is 0 Å². The van der Waals surface area contributed by atoms with E-state index in [4.69, 9.17) is 0 Å². The summed E-state index contributed by atoms with van der Waals surface area (Å²) in [6.07, 6.45) is 2.74. The number of hydrogen-bond donors (Lipinski definition) is 1. The minimum atomic E-state index is 0. The van der Waals surface area contributed by atoms with Crippen molar-refractivity contribution in [3.05, 3.63) is 48.2 Å². The first-order valence-electron chi connectivity index (χ1n) is 5.76. The largest absolute Gasteiger partial charge is 0.353 e. The van der Waals surface area contributed by atoms with Crippen molar-refractivity contribution in [3.63, 3.8) is 0 Å². The average Bonchev–Trinajstić information content (AvgIpc) is 2.82. The van der Waals surface area contributed by atoms with Gasteiger partial charge in [-0.05, 0) is 42.3 Å². The second-order valence-electron chi connectivity index (χ2n) is 4.07. The van der Waals surface area contributed by atoms with Crippen molar-refractivity contribution < 1.29 is 1.43 Å². The fraction of sp³-hybridized carbons (Fsp3) is 0.143. The van der Waals surface area contributed by atoms with Gasteiger partial charge in [0.2, 0.25) is 0 Å². The van der Waals surface area contributed by atoms with E-state index >= 15 is 0 Å². The molecule has 2 aromatic heterocycles. The Morgan fingerprint density at radius 3 is 2.94 bits per heavy atom. The van der Waals surface area contributed by atoms with Gasteiger partial charge < -0.3 is 4.98 Å². The summed E-state index contributed by atoms with van der Waals surface area (Å²) in [5.41, 5.74) is 4.38. The standard InChI is InChI=1S/C14H13N3.H2/c1-2-10-5-6-12-11(8-10)9-14(16-12)13-4-3-7-15-17-13;/h3-9,16H,2H2,1H3;1H. The molecule has 0 aliphatic rings. The van der Waals surface area contributed by atoms with E-state index in [0.717, 1.165) is 23.3 Å². The first-order chi connectivity index (χ1) is 8.36. The average molecular weight is 225 g/mol. The summed E-state index contributed by atoms with van der Waals surface area (Å²) in [7, 11) is 0. The van der Waals surface area contributed by atoms with Gasteiger partial charge in [-0.3, -0.25) is 0 Å². The van der Waals surface area contributed by atoms with Crippen LogP contribution in [0.4, 0.5) is 0 Å². The number of nitrogens with one attached hydrogen (secondary N) is 1. The van der Waals surface area contributed by atoms with Crippen LogP contribution in [0, 0.1) is 0 Å². The molecule has 3 aromatic rings. The van der Waals surface area contributed by atoms with Crippen LogP contribution in [0.25, 0.3) is 22.3 Å². The predicted octanol–water partition coefficient (Wildman–Crippen LogP) is 3.43. The summed E-state index contributed by atoms with van der Waals surface area (Å²) < 4.78 is 0.